The van der Waals surface area contributed by atoms with Crippen molar-refractivity contribution in [3.05, 3.63) is 23.4 Å². The van der Waals surface area contributed by atoms with Crippen LogP contribution in [0.5, 0.6) is 0 Å². The van der Waals surface area contributed by atoms with Gasteiger partial charge in [0.15, 0.2) is 0 Å². The van der Waals surface area contributed by atoms with Gasteiger partial charge in [0.05, 0.1) is 5.56 Å². The topological polar surface area (TPSA) is 86.2 Å². The average molecular weight is 262 g/mol. The van der Waals surface area contributed by atoms with E-state index in [1.165, 1.54) is 6.42 Å². The van der Waals surface area contributed by atoms with Gasteiger partial charge in [-0.1, -0.05) is 0 Å². The van der Waals surface area contributed by atoms with Crippen LogP contribution < -0.4 is 10.6 Å². The molecular weight excluding hydrogens is 240 g/mol. The van der Waals surface area contributed by atoms with E-state index >= 15 is 0 Å². The summed E-state index contributed by atoms with van der Waals surface area (Å²) in [5.41, 5.74) is 7.42. The standard InChI is InChI=1S/C14H22N4O/c1-10-5-7-17-14(12(10)13(15)16)18-8-3-2-4-11(18)6-9-19/h5,7,11,19H,2-4,6,8-9H2,1H3,(H3,15,16). The van der Waals surface area contributed by atoms with Crippen molar-refractivity contribution in [1.82, 2.24) is 4.98 Å². The maximum absolute atomic E-state index is 9.20. The number of nitrogens with zero attached hydrogens (tertiary/aromatic N) is 2. The lowest BCUT2D eigenvalue weighted by Gasteiger charge is -2.37. The lowest BCUT2D eigenvalue weighted by atomic mass is 9.98. The molecule has 2 rings (SSSR count). The minimum Gasteiger partial charge on any atom is -0.396 e. The molecule has 1 aromatic heterocycles. The minimum absolute atomic E-state index is 0.0638. The molecule has 0 amide bonds. The van der Waals surface area contributed by atoms with Crippen molar-refractivity contribution in [2.24, 2.45) is 5.73 Å². The maximum atomic E-state index is 9.20. The van der Waals surface area contributed by atoms with Crippen LogP contribution in [0.1, 0.15) is 36.8 Å². The number of piperidine rings is 1. The number of aliphatic hydroxyl groups excluding tert-OH is 1. The summed E-state index contributed by atoms with van der Waals surface area (Å²) >= 11 is 0. The number of nitrogens with one attached hydrogen (secondary N) is 1. The Kier molecular flexibility index (Phi) is 4.37. The molecule has 1 fully saturated rings. The highest BCUT2D eigenvalue weighted by Gasteiger charge is 2.26. The average Bonchev–Trinajstić information content (AvgIpc) is 2.39. The van der Waals surface area contributed by atoms with Gasteiger partial charge in [0.25, 0.3) is 0 Å². The Hall–Kier alpha value is -1.62. The van der Waals surface area contributed by atoms with E-state index in [1.54, 1.807) is 6.20 Å². The third-order valence-corrected chi connectivity index (χ3v) is 3.77. The number of amidine groups is 1. The molecule has 5 nitrogen and oxygen atoms in total. The van der Waals surface area contributed by atoms with Gasteiger partial charge in [-0.25, -0.2) is 4.98 Å². The third kappa shape index (κ3) is 2.87. The summed E-state index contributed by atoms with van der Waals surface area (Å²) in [4.78, 5) is 6.65. The number of aliphatic hydroxyl groups is 1. The van der Waals surface area contributed by atoms with Crippen molar-refractivity contribution in [1.29, 1.82) is 5.41 Å². The molecule has 5 heteroatoms. The molecule has 1 aliphatic heterocycles. The SMILES string of the molecule is Cc1ccnc(N2CCCCC2CCO)c1C(=N)N. The number of rotatable bonds is 4. The fraction of sp³-hybridized carbons (Fsp3) is 0.571. The summed E-state index contributed by atoms with van der Waals surface area (Å²) in [6.45, 7) is 3.05. The van der Waals surface area contributed by atoms with Crippen LogP contribution in [-0.4, -0.2) is 35.1 Å². The normalized spacial score (nSPS) is 19.5. The smallest absolute Gasteiger partial charge is 0.140 e. The summed E-state index contributed by atoms with van der Waals surface area (Å²) in [6.07, 6.45) is 5.87. The van der Waals surface area contributed by atoms with Crippen LogP contribution in [0.25, 0.3) is 0 Å². The van der Waals surface area contributed by atoms with Crippen LogP contribution >= 0.6 is 0 Å². The molecule has 1 unspecified atom stereocenters. The number of aromatic nitrogens is 1. The minimum atomic E-state index is 0.0638. The van der Waals surface area contributed by atoms with Crippen molar-refractivity contribution in [2.75, 3.05) is 18.1 Å². The van der Waals surface area contributed by atoms with E-state index in [0.29, 0.717) is 6.04 Å². The molecule has 1 saturated heterocycles. The van der Waals surface area contributed by atoms with Crippen molar-refractivity contribution in [3.8, 4) is 0 Å². The highest BCUT2D eigenvalue weighted by molar-refractivity contribution is 6.01. The van der Waals surface area contributed by atoms with Gasteiger partial charge in [-0.2, -0.15) is 0 Å². The molecule has 1 aromatic rings. The van der Waals surface area contributed by atoms with Gasteiger partial charge in [-0.05, 0) is 44.2 Å². The van der Waals surface area contributed by atoms with Gasteiger partial charge in [-0.15, -0.1) is 0 Å². The molecule has 0 radical (unpaired) electrons. The second kappa shape index (κ2) is 6.02. The number of nitrogens with two attached hydrogens (primary N) is 1. The lowest BCUT2D eigenvalue weighted by molar-refractivity contribution is 0.262. The molecule has 1 atom stereocenters. The summed E-state index contributed by atoms with van der Waals surface area (Å²) in [5.74, 6) is 0.861. The maximum Gasteiger partial charge on any atom is 0.140 e. The number of anilines is 1. The molecule has 0 saturated carbocycles. The zero-order valence-corrected chi connectivity index (χ0v) is 11.4. The largest absolute Gasteiger partial charge is 0.396 e. The predicted molar refractivity (Wildman–Crippen MR) is 76.7 cm³/mol. The van der Waals surface area contributed by atoms with E-state index in [0.717, 1.165) is 42.8 Å². The van der Waals surface area contributed by atoms with E-state index < -0.39 is 0 Å². The van der Waals surface area contributed by atoms with Crippen molar-refractivity contribution < 1.29 is 5.11 Å². The fourth-order valence-electron chi connectivity index (χ4n) is 2.82. The highest BCUT2D eigenvalue weighted by atomic mass is 16.3. The fourth-order valence-corrected chi connectivity index (χ4v) is 2.82. The van der Waals surface area contributed by atoms with Crippen LogP contribution in [-0.2, 0) is 0 Å². The van der Waals surface area contributed by atoms with Crippen LogP contribution in [0.4, 0.5) is 5.82 Å². The Morgan fingerprint density at radius 1 is 1.58 bits per heavy atom. The Bertz CT molecular complexity index is 459. The molecular formula is C14H22N4O. The molecule has 2 heterocycles. The van der Waals surface area contributed by atoms with Crippen LogP contribution in [0.3, 0.4) is 0 Å². The first kappa shape index (κ1) is 13.8. The van der Waals surface area contributed by atoms with Gasteiger partial charge in [0.1, 0.15) is 11.7 Å². The van der Waals surface area contributed by atoms with Gasteiger partial charge >= 0.3 is 0 Å². The Balaban J connectivity index is 2.38. The van der Waals surface area contributed by atoms with Gasteiger partial charge in [0, 0.05) is 25.4 Å². The predicted octanol–water partition coefficient (Wildman–Crippen LogP) is 1.42. The molecule has 0 aliphatic carbocycles. The molecule has 0 aromatic carbocycles. The van der Waals surface area contributed by atoms with Crippen molar-refractivity contribution in [2.45, 2.75) is 38.6 Å². The first-order valence-corrected chi connectivity index (χ1v) is 6.82. The highest BCUT2D eigenvalue weighted by Crippen LogP contribution is 2.28. The Morgan fingerprint density at radius 3 is 3.05 bits per heavy atom. The number of aryl methyl sites for hydroxylation is 1. The zero-order chi connectivity index (χ0) is 13.8. The quantitative estimate of drug-likeness (QED) is 0.565. The summed E-state index contributed by atoms with van der Waals surface area (Å²) in [7, 11) is 0. The third-order valence-electron chi connectivity index (χ3n) is 3.77. The number of nitrogen functional groups attached to an aromatic ring is 1. The molecule has 4 N–H and O–H groups in total. The number of hydrogen-bond donors (Lipinski definition) is 3. The summed E-state index contributed by atoms with van der Waals surface area (Å²) in [5, 5.41) is 17.0. The molecule has 1 aliphatic rings. The van der Waals surface area contributed by atoms with Crippen molar-refractivity contribution >= 4 is 11.7 Å². The van der Waals surface area contributed by atoms with E-state index in [4.69, 9.17) is 11.1 Å². The molecule has 19 heavy (non-hydrogen) atoms. The molecule has 0 spiro atoms. The van der Waals surface area contributed by atoms with Crippen LogP contribution in [0.15, 0.2) is 12.3 Å². The molecule has 0 bridgehead atoms. The second-order valence-corrected chi connectivity index (χ2v) is 5.10. The summed E-state index contributed by atoms with van der Waals surface area (Å²) in [6, 6.07) is 2.18. The lowest BCUT2D eigenvalue weighted by Crippen LogP contribution is -2.42. The van der Waals surface area contributed by atoms with Gasteiger partial charge in [0.2, 0.25) is 0 Å². The van der Waals surface area contributed by atoms with Crippen LogP contribution in [0.2, 0.25) is 0 Å². The monoisotopic (exact) mass is 262 g/mol. The first-order chi connectivity index (χ1) is 9.15. The van der Waals surface area contributed by atoms with Gasteiger partial charge < -0.3 is 15.7 Å². The molecule has 104 valence electrons. The Labute approximate surface area is 114 Å². The second-order valence-electron chi connectivity index (χ2n) is 5.10. The summed E-state index contributed by atoms with van der Waals surface area (Å²) < 4.78 is 0. The van der Waals surface area contributed by atoms with Crippen molar-refractivity contribution in [3.63, 3.8) is 0 Å². The van der Waals surface area contributed by atoms with E-state index in [2.05, 4.69) is 9.88 Å². The van der Waals surface area contributed by atoms with Gasteiger partial charge in [-0.3, -0.25) is 5.41 Å². The number of hydrogen-bond acceptors (Lipinski definition) is 4. The van der Waals surface area contributed by atoms with E-state index in [1.807, 2.05) is 13.0 Å². The number of pyridine rings is 1. The Morgan fingerprint density at radius 2 is 2.37 bits per heavy atom. The zero-order valence-electron chi connectivity index (χ0n) is 11.4. The van der Waals surface area contributed by atoms with Crippen LogP contribution in [0, 0.1) is 12.3 Å². The van der Waals surface area contributed by atoms with E-state index in [9.17, 15) is 5.11 Å². The first-order valence-electron chi connectivity index (χ1n) is 6.82. The van der Waals surface area contributed by atoms with E-state index in [-0.39, 0.29) is 12.4 Å².